The van der Waals surface area contributed by atoms with E-state index in [4.69, 9.17) is 10.5 Å². The van der Waals surface area contributed by atoms with Gasteiger partial charge in [0.1, 0.15) is 5.75 Å². The number of hydrogen-bond donors (Lipinski definition) is 1. The van der Waals surface area contributed by atoms with Crippen LogP contribution in [0.15, 0.2) is 24.3 Å². The normalized spacial score (nSPS) is 19.2. The Morgan fingerprint density at radius 3 is 2.81 bits per heavy atom. The lowest BCUT2D eigenvalue weighted by Crippen LogP contribution is -2.48. The molecule has 1 aliphatic heterocycles. The minimum atomic E-state index is 0.464. The molecule has 2 N–H and O–H groups in total. The number of nitrogens with two attached hydrogens (primary N) is 1. The Bertz CT molecular complexity index is 348. The smallest absolute Gasteiger partial charge is 0.119 e. The van der Waals surface area contributed by atoms with Crippen molar-refractivity contribution < 1.29 is 4.74 Å². The van der Waals surface area contributed by atoms with E-state index >= 15 is 0 Å². The van der Waals surface area contributed by atoms with Crippen molar-refractivity contribution in [2.75, 3.05) is 33.8 Å². The van der Waals surface area contributed by atoms with Crippen LogP contribution in [0.3, 0.4) is 0 Å². The summed E-state index contributed by atoms with van der Waals surface area (Å²) < 4.78 is 5.25. The highest BCUT2D eigenvalue weighted by molar-refractivity contribution is 5.31. The lowest BCUT2D eigenvalue weighted by Gasteiger charge is -2.41. The molecule has 0 radical (unpaired) electrons. The first-order valence-electron chi connectivity index (χ1n) is 5.77. The van der Waals surface area contributed by atoms with Gasteiger partial charge in [0.2, 0.25) is 0 Å². The summed E-state index contributed by atoms with van der Waals surface area (Å²) >= 11 is 0. The number of nitrogens with zero attached hydrogens (tertiary/aromatic N) is 1. The Balaban J connectivity index is 2.13. The van der Waals surface area contributed by atoms with Gasteiger partial charge in [-0.1, -0.05) is 12.1 Å². The fraction of sp³-hybridized carbons (Fsp3) is 0.538. The van der Waals surface area contributed by atoms with Crippen LogP contribution in [0.2, 0.25) is 0 Å². The lowest BCUT2D eigenvalue weighted by molar-refractivity contribution is 0.112. The Kier molecular flexibility index (Phi) is 3.46. The highest BCUT2D eigenvalue weighted by atomic mass is 16.5. The number of benzene rings is 1. The second-order valence-electron chi connectivity index (χ2n) is 4.60. The minimum Gasteiger partial charge on any atom is -0.497 e. The van der Waals surface area contributed by atoms with E-state index in [1.807, 2.05) is 12.1 Å². The van der Waals surface area contributed by atoms with Crippen molar-refractivity contribution in [3.8, 4) is 5.75 Å². The molecule has 0 spiro atoms. The topological polar surface area (TPSA) is 38.5 Å². The average molecular weight is 220 g/mol. The summed E-state index contributed by atoms with van der Waals surface area (Å²) in [6.45, 7) is 3.02. The molecular formula is C13H20N2O. The quantitative estimate of drug-likeness (QED) is 0.831. The first-order valence-corrected chi connectivity index (χ1v) is 5.77. The van der Waals surface area contributed by atoms with Crippen molar-refractivity contribution >= 4 is 0 Å². The van der Waals surface area contributed by atoms with Crippen molar-refractivity contribution in [3.05, 3.63) is 29.8 Å². The number of hydrogen-bond acceptors (Lipinski definition) is 3. The molecule has 3 heteroatoms. The molecule has 88 valence electrons. The standard InChI is InChI=1S/C13H20N2O/c1-15-8-11(9-15)13(7-14)10-4-3-5-12(6-10)16-2/h3-6,11,13H,7-9,14H2,1-2H3. The first-order chi connectivity index (χ1) is 7.74. The third-order valence-electron chi connectivity index (χ3n) is 3.44. The number of methoxy groups -OCH3 is 1. The van der Waals surface area contributed by atoms with Crippen LogP contribution in [0, 0.1) is 5.92 Å². The Hall–Kier alpha value is -1.06. The van der Waals surface area contributed by atoms with E-state index in [0.717, 1.165) is 18.8 Å². The van der Waals surface area contributed by atoms with Gasteiger partial charge in [0.15, 0.2) is 0 Å². The monoisotopic (exact) mass is 220 g/mol. The molecule has 1 unspecified atom stereocenters. The van der Waals surface area contributed by atoms with Crippen LogP contribution < -0.4 is 10.5 Å². The van der Waals surface area contributed by atoms with Gasteiger partial charge in [0.05, 0.1) is 7.11 Å². The summed E-state index contributed by atoms with van der Waals surface area (Å²) in [4.78, 5) is 2.33. The molecule has 3 nitrogen and oxygen atoms in total. The summed E-state index contributed by atoms with van der Waals surface area (Å²) in [5.41, 5.74) is 7.20. The second-order valence-corrected chi connectivity index (χ2v) is 4.60. The first kappa shape index (κ1) is 11.4. The molecule has 2 rings (SSSR count). The highest BCUT2D eigenvalue weighted by Gasteiger charge is 2.31. The molecule has 1 saturated heterocycles. The Morgan fingerprint density at radius 1 is 1.50 bits per heavy atom. The van der Waals surface area contributed by atoms with Crippen molar-refractivity contribution in [1.29, 1.82) is 0 Å². The maximum Gasteiger partial charge on any atom is 0.119 e. The van der Waals surface area contributed by atoms with E-state index in [1.54, 1.807) is 7.11 Å². The third kappa shape index (κ3) is 2.20. The number of rotatable bonds is 4. The van der Waals surface area contributed by atoms with Crippen molar-refractivity contribution in [3.63, 3.8) is 0 Å². The van der Waals surface area contributed by atoms with Gasteiger partial charge in [0, 0.05) is 19.0 Å². The Morgan fingerprint density at radius 2 is 2.25 bits per heavy atom. The van der Waals surface area contributed by atoms with Gasteiger partial charge in [-0.2, -0.15) is 0 Å². The van der Waals surface area contributed by atoms with Crippen LogP contribution in [-0.2, 0) is 0 Å². The summed E-state index contributed by atoms with van der Waals surface area (Å²) in [5, 5.41) is 0. The second kappa shape index (κ2) is 4.85. The van der Waals surface area contributed by atoms with Gasteiger partial charge in [-0.15, -0.1) is 0 Å². The predicted octanol–water partition coefficient (Wildman–Crippen LogP) is 1.30. The SMILES string of the molecule is COc1cccc(C(CN)C2CN(C)C2)c1. The van der Waals surface area contributed by atoms with Crippen LogP contribution in [0.5, 0.6) is 5.75 Å². The molecule has 1 fully saturated rings. The van der Waals surface area contributed by atoms with Gasteiger partial charge in [-0.3, -0.25) is 0 Å². The molecule has 16 heavy (non-hydrogen) atoms. The van der Waals surface area contributed by atoms with Gasteiger partial charge >= 0.3 is 0 Å². The van der Waals surface area contributed by atoms with E-state index in [9.17, 15) is 0 Å². The van der Waals surface area contributed by atoms with E-state index in [2.05, 4.69) is 24.1 Å². The zero-order chi connectivity index (χ0) is 11.5. The fourth-order valence-corrected chi connectivity index (χ4v) is 2.47. The molecule has 0 aliphatic carbocycles. The number of likely N-dealkylation sites (tertiary alicyclic amines) is 1. The maximum atomic E-state index is 5.89. The van der Waals surface area contributed by atoms with Gasteiger partial charge < -0.3 is 15.4 Å². The van der Waals surface area contributed by atoms with E-state index in [0.29, 0.717) is 18.4 Å². The zero-order valence-electron chi connectivity index (χ0n) is 10.0. The van der Waals surface area contributed by atoms with Crippen molar-refractivity contribution in [1.82, 2.24) is 4.90 Å². The van der Waals surface area contributed by atoms with Crippen molar-refractivity contribution in [2.24, 2.45) is 11.7 Å². The van der Waals surface area contributed by atoms with Gasteiger partial charge in [-0.05, 0) is 37.2 Å². The molecule has 1 atom stereocenters. The fourth-order valence-electron chi connectivity index (χ4n) is 2.47. The van der Waals surface area contributed by atoms with E-state index in [1.165, 1.54) is 5.56 Å². The van der Waals surface area contributed by atoms with E-state index < -0.39 is 0 Å². The molecule has 1 aromatic carbocycles. The van der Waals surface area contributed by atoms with Crippen LogP contribution >= 0.6 is 0 Å². The largest absolute Gasteiger partial charge is 0.497 e. The molecular weight excluding hydrogens is 200 g/mol. The minimum absolute atomic E-state index is 0.464. The lowest BCUT2D eigenvalue weighted by atomic mass is 9.81. The predicted molar refractivity (Wildman–Crippen MR) is 65.8 cm³/mol. The summed E-state index contributed by atoms with van der Waals surface area (Å²) in [6, 6.07) is 8.28. The van der Waals surface area contributed by atoms with Gasteiger partial charge in [-0.25, -0.2) is 0 Å². The molecule has 0 saturated carbocycles. The van der Waals surface area contributed by atoms with Crippen LogP contribution in [0.4, 0.5) is 0 Å². The van der Waals surface area contributed by atoms with Crippen molar-refractivity contribution in [2.45, 2.75) is 5.92 Å². The van der Waals surface area contributed by atoms with Crippen LogP contribution in [0.25, 0.3) is 0 Å². The molecule has 1 heterocycles. The molecule has 1 aromatic rings. The van der Waals surface area contributed by atoms with Gasteiger partial charge in [0.25, 0.3) is 0 Å². The number of ether oxygens (including phenoxy) is 1. The zero-order valence-corrected chi connectivity index (χ0v) is 10.0. The summed E-state index contributed by atoms with van der Waals surface area (Å²) in [7, 11) is 3.85. The molecule has 0 aromatic heterocycles. The summed E-state index contributed by atoms with van der Waals surface area (Å²) in [6.07, 6.45) is 0. The van der Waals surface area contributed by atoms with E-state index in [-0.39, 0.29) is 0 Å². The third-order valence-corrected chi connectivity index (χ3v) is 3.44. The summed E-state index contributed by atoms with van der Waals surface area (Å²) in [5.74, 6) is 2.08. The molecule has 0 amide bonds. The maximum absolute atomic E-state index is 5.89. The van der Waals surface area contributed by atoms with Crippen LogP contribution in [-0.4, -0.2) is 38.7 Å². The molecule has 1 aliphatic rings. The molecule has 0 bridgehead atoms. The average Bonchev–Trinajstić information content (AvgIpc) is 2.28. The highest BCUT2D eigenvalue weighted by Crippen LogP contribution is 2.31. The Labute approximate surface area is 97.2 Å². The van der Waals surface area contributed by atoms with Crippen LogP contribution in [0.1, 0.15) is 11.5 Å².